The first kappa shape index (κ1) is 13.1. The Labute approximate surface area is 115 Å². The quantitative estimate of drug-likeness (QED) is 0.876. The van der Waals surface area contributed by atoms with Gasteiger partial charge in [-0.1, -0.05) is 12.1 Å². The number of ether oxygens (including phenoxy) is 1. The number of rotatable bonds is 2. The molecule has 3 heteroatoms. The molecular weight excluding hydrogens is 236 g/mol. The van der Waals surface area contributed by atoms with Gasteiger partial charge in [0.1, 0.15) is 0 Å². The van der Waals surface area contributed by atoms with Gasteiger partial charge in [-0.25, -0.2) is 0 Å². The fourth-order valence-corrected chi connectivity index (χ4v) is 3.36. The summed E-state index contributed by atoms with van der Waals surface area (Å²) in [4.78, 5) is 2.62. The second-order valence-electron chi connectivity index (χ2n) is 5.94. The molecule has 0 radical (unpaired) electrons. The van der Waals surface area contributed by atoms with Crippen LogP contribution < -0.4 is 5.32 Å². The Morgan fingerprint density at radius 3 is 2.32 bits per heavy atom. The molecule has 2 aliphatic heterocycles. The van der Waals surface area contributed by atoms with Crippen LogP contribution in [0.5, 0.6) is 0 Å². The molecule has 2 heterocycles. The van der Waals surface area contributed by atoms with Crippen LogP contribution in [0.3, 0.4) is 0 Å². The standard InChI is InChI=1S/C16H24N2O/c1-12-4-5-15(14(3)13(12)2)16(10-19-11-16)18-8-6-17-7-9-18/h4-5,17H,6-11H2,1-3H3. The number of aryl methyl sites for hydroxylation is 1. The first-order chi connectivity index (χ1) is 9.15. The summed E-state index contributed by atoms with van der Waals surface area (Å²) in [6.45, 7) is 12.8. The number of nitrogens with one attached hydrogen (secondary N) is 1. The summed E-state index contributed by atoms with van der Waals surface area (Å²) in [5.41, 5.74) is 5.87. The summed E-state index contributed by atoms with van der Waals surface area (Å²) < 4.78 is 5.61. The third-order valence-electron chi connectivity index (χ3n) is 4.96. The number of piperazine rings is 1. The maximum atomic E-state index is 5.61. The zero-order chi connectivity index (χ0) is 13.5. The van der Waals surface area contributed by atoms with Crippen LogP contribution in [0.1, 0.15) is 22.3 Å². The van der Waals surface area contributed by atoms with Crippen molar-refractivity contribution in [2.24, 2.45) is 0 Å². The zero-order valence-electron chi connectivity index (χ0n) is 12.3. The van der Waals surface area contributed by atoms with E-state index in [-0.39, 0.29) is 5.54 Å². The molecule has 1 aromatic rings. The molecule has 0 spiro atoms. The lowest BCUT2D eigenvalue weighted by Gasteiger charge is -2.52. The third kappa shape index (κ3) is 2.00. The fraction of sp³-hybridized carbons (Fsp3) is 0.625. The van der Waals surface area contributed by atoms with Gasteiger partial charge in [0.2, 0.25) is 0 Å². The normalized spacial score (nSPS) is 23.1. The van der Waals surface area contributed by atoms with E-state index in [1.54, 1.807) is 0 Å². The second-order valence-corrected chi connectivity index (χ2v) is 5.94. The molecule has 0 saturated carbocycles. The highest BCUT2D eigenvalue weighted by molar-refractivity contribution is 5.43. The largest absolute Gasteiger partial charge is 0.377 e. The van der Waals surface area contributed by atoms with Crippen molar-refractivity contribution in [3.63, 3.8) is 0 Å². The van der Waals surface area contributed by atoms with Crippen LogP contribution in [0.2, 0.25) is 0 Å². The molecule has 0 aromatic heterocycles. The highest BCUT2D eigenvalue weighted by Crippen LogP contribution is 2.39. The maximum Gasteiger partial charge on any atom is 0.0937 e. The number of nitrogens with zero attached hydrogens (tertiary/aromatic N) is 1. The summed E-state index contributed by atoms with van der Waals surface area (Å²) in [5.74, 6) is 0. The first-order valence-corrected chi connectivity index (χ1v) is 7.26. The molecular formula is C16H24N2O. The Balaban J connectivity index is 2.00. The fourth-order valence-electron chi connectivity index (χ4n) is 3.36. The topological polar surface area (TPSA) is 24.5 Å². The van der Waals surface area contributed by atoms with Crippen LogP contribution in [0.4, 0.5) is 0 Å². The lowest BCUT2D eigenvalue weighted by Crippen LogP contribution is -2.63. The van der Waals surface area contributed by atoms with Gasteiger partial charge in [0.15, 0.2) is 0 Å². The van der Waals surface area contributed by atoms with E-state index < -0.39 is 0 Å². The van der Waals surface area contributed by atoms with Crippen LogP contribution in [0, 0.1) is 20.8 Å². The van der Waals surface area contributed by atoms with E-state index in [1.807, 2.05) is 0 Å². The summed E-state index contributed by atoms with van der Waals surface area (Å²) in [6, 6.07) is 4.59. The molecule has 3 nitrogen and oxygen atoms in total. The number of benzene rings is 1. The van der Waals surface area contributed by atoms with Crippen molar-refractivity contribution in [3.8, 4) is 0 Å². The smallest absolute Gasteiger partial charge is 0.0937 e. The van der Waals surface area contributed by atoms with Gasteiger partial charge in [-0.05, 0) is 43.0 Å². The lowest BCUT2D eigenvalue weighted by molar-refractivity contribution is -0.149. The van der Waals surface area contributed by atoms with Crippen molar-refractivity contribution in [1.29, 1.82) is 0 Å². The number of hydrogen-bond acceptors (Lipinski definition) is 3. The first-order valence-electron chi connectivity index (χ1n) is 7.26. The molecule has 19 heavy (non-hydrogen) atoms. The van der Waals surface area contributed by atoms with Gasteiger partial charge in [-0.15, -0.1) is 0 Å². The monoisotopic (exact) mass is 260 g/mol. The molecule has 0 amide bonds. The van der Waals surface area contributed by atoms with Crippen molar-refractivity contribution < 1.29 is 4.74 Å². The minimum Gasteiger partial charge on any atom is -0.377 e. The second kappa shape index (κ2) is 4.89. The van der Waals surface area contributed by atoms with Crippen LogP contribution in [-0.4, -0.2) is 44.3 Å². The van der Waals surface area contributed by atoms with E-state index in [2.05, 4.69) is 43.1 Å². The van der Waals surface area contributed by atoms with Crippen molar-refractivity contribution >= 4 is 0 Å². The van der Waals surface area contributed by atoms with Gasteiger partial charge in [0, 0.05) is 26.2 Å². The molecule has 0 atom stereocenters. The van der Waals surface area contributed by atoms with Gasteiger partial charge < -0.3 is 10.1 Å². The Morgan fingerprint density at radius 1 is 1.05 bits per heavy atom. The van der Waals surface area contributed by atoms with E-state index >= 15 is 0 Å². The van der Waals surface area contributed by atoms with E-state index in [1.165, 1.54) is 22.3 Å². The maximum absolute atomic E-state index is 5.61. The summed E-state index contributed by atoms with van der Waals surface area (Å²) >= 11 is 0. The van der Waals surface area contributed by atoms with Crippen LogP contribution in [0.25, 0.3) is 0 Å². The van der Waals surface area contributed by atoms with E-state index in [0.29, 0.717) is 0 Å². The molecule has 2 aliphatic rings. The van der Waals surface area contributed by atoms with Gasteiger partial charge in [-0.3, -0.25) is 4.90 Å². The molecule has 2 fully saturated rings. The summed E-state index contributed by atoms with van der Waals surface area (Å²) in [7, 11) is 0. The van der Waals surface area contributed by atoms with Crippen molar-refractivity contribution in [1.82, 2.24) is 10.2 Å². The number of hydrogen-bond donors (Lipinski definition) is 1. The average molecular weight is 260 g/mol. The molecule has 1 aromatic carbocycles. The Hall–Kier alpha value is -0.900. The Morgan fingerprint density at radius 2 is 1.74 bits per heavy atom. The van der Waals surface area contributed by atoms with Crippen molar-refractivity contribution in [3.05, 3.63) is 34.4 Å². The SMILES string of the molecule is Cc1ccc(C2(N3CCNCC3)COC2)c(C)c1C. The summed E-state index contributed by atoms with van der Waals surface area (Å²) in [5, 5.41) is 3.44. The Kier molecular flexibility index (Phi) is 3.37. The molecule has 3 rings (SSSR count). The van der Waals surface area contributed by atoms with Crippen LogP contribution in [0.15, 0.2) is 12.1 Å². The van der Waals surface area contributed by atoms with Crippen LogP contribution >= 0.6 is 0 Å². The molecule has 1 N–H and O–H groups in total. The summed E-state index contributed by atoms with van der Waals surface area (Å²) in [6.07, 6.45) is 0. The van der Waals surface area contributed by atoms with Crippen molar-refractivity contribution in [2.45, 2.75) is 26.3 Å². The van der Waals surface area contributed by atoms with Gasteiger partial charge >= 0.3 is 0 Å². The van der Waals surface area contributed by atoms with Crippen LogP contribution in [-0.2, 0) is 10.3 Å². The predicted molar refractivity (Wildman–Crippen MR) is 77.6 cm³/mol. The molecule has 104 valence electrons. The molecule has 0 aliphatic carbocycles. The van der Waals surface area contributed by atoms with Gasteiger partial charge in [0.05, 0.1) is 18.8 Å². The molecule has 0 unspecified atom stereocenters. The highest BCUT2D eigenvalue weighted by Gasteiger charge is 2.46. The van der Waals surface area contributed by atoms with Gasteiger partial charge in [-0.2, -0.15) is 0 Å². The van der Waals surface area contributed by atoms with Crippen molar-refractivity contribution in [2.75, 3.05) is 39.4 Å². The Bertz CT molecular complexity index is 474. The van der Waals surface area contributed by atoms with Gasteiger partial charge in [0.25, 0.3) is 0 Å². The highest BCUT2D eigenvalue weighted by atomic mass is 16.5. The minimum absolute atomic E-state index is 0.130. The third-order valence-corrected chi connectivity index (χ3v) is 4.96. The predicted octanol–water partition coefficient (Wildman–Crippen LogP) is 1.74. The van der Waals surface area contributed by atoms with E-state index in [0.717, 1.165) is 39.4 Å². The molecule has 0 bridgehead atoms. The van der Waals surface area contributed by atoms with E-state index in [4.69, 9.17) is 4.74 Å². The minimum atomic E-state index is 0.130. The zero-order valence-corrected chi connectivity index (χ0v) is 12.3. The lowest BCUT2D eigenvalue weighted by atomic mass is 9.81. The average Bonchev–Trinajstić information content (AvgIpc) is 2.39. The van der Waals surface area contributed by atoms with E-state index in [9.17, 15) is 0 Å². The molecule has 2 saturated heterocycles.